The molecule has 0 radical (unpaired) electrons. The smallest absolute Gasteiger partial charge is 0.150 e. The van der Waals surface area contributed by atoms with Gasteiger partial charge in [-0.3, -0.25) is 4.79 Å². The largest absolute Gasteiger partial charge is 0.385 e. The molecule has 3 rings (SSSR count). The van der Waals surface area contributed by atoms with Gasteiger partial charge in [-0.05, 0) is 54.4 Å². The minimum Gasteiger partial charge on any atom is -0.385 e. The van der Waals surface area contributed by atoms with E-state index in [9.17, 15) is 9.90 Å². The highest BCUT2D eigenvalue weighted by atomic mass is 16.3. The molecule has 1 aliphatic rings. The van der Waals surface area contributed by atoms with Crippen LogP contribution in [0.3, 0.4) is 0 Å². The van der Waals surface area contributed by atoms with Gasteiger partial charge in [0.15, 0.2) is 6.29 Å². The lowest BCUT2D eigenvalue weighted by Gasteiger charge is -2.33. The number of nitrogens with one attached hydrogen (secondary N) is 1. The lowest BCUT2D eigenvalue weighted by Crippen LogP contribution is -2.39. The second-order valence-corrected chi connectivity index (χ2v) is 5.19. The van der Waals surface area contributed by atoms with Crippen LogP contribution in [0.25, 0.3) is 10.8 Å². The molecular formula is C16H17NO2. The summed E-state index contributed by atoms with van der Waals surface area (Å²) in [6.45, 7) is 1.61. The lowest BCUT2D eigenvalue weighted by atomic mass is 9.83. The minimum absolute atomic E-state index is 0.653. The monoisotopic (exact) mass is 255 g/mol. The van der Waals surface area contributed by atoms with Crippen molar-refractivity contribution in [2.45, 2.75) is 18.4 Å². The third-order valence-corrected chi connectivity index (χ3v) is 3.99. The van der Waals surface area contributed by atoms with Gasteiger partial charge in [0.1, 0.15) is 0 Å². The van der Waals surface area contributed by atoms with Crippen LogP contribution in [0.4, 0.5) is 0 Å². The number of aldehydes is 1. The Balaban J connectivity index is 2.16. The Kier molecular flexibility index (Phi) is 3.09. The molecule has 0 saturated carbocycles. The van der Waals surface area contributed by atoms with Crippen LogP contribution in [0.2, 0.25) is 0 Å². The van der Waals surface area contributed by atoms with E-state index in [1.165, 1.54) is 0 Å². The van der Waals surface area contributed by atoms with Crippen molar-refractivity contribution in [1.29, 1.82) is 0 Å². The van der Waals surface area contributed by atoms with Gasteiger partial charge < -0.3 is 10.4 Å². The summed E-state index contributed by atoms with van der Waals surface area (Å²) in [5, 5.41) is 16.0. The Hall–Kier alpha value is -1.71. The third-order valence-electron chi connectivity index (χ3n) is 3.99. The zero-order valence-corrected chi connectivity index (χ0v) is 10.7. The highest BCUT2D eigenvalue weighted by Gasteiger charge is 2.31. The topological polar surface area (TPSA) is 49.3 Å². The summed E-state index contributed by atoms with van der Waals surface area (Å²) < 4.78 is 0. The van der Waals surface area contributed by atoms with E-state index in [-0.39, 0.29) is 0 Å². The summed E-state index contributed by atoms with van der Waals surface area (Å²) in [5.74, 6) is 0. The summed E-state index contributed by atoms with van der Waals surface area (Å²) in [6, 6.07) is 11.6. The molecule has 1 aliphatic heterocycles. The van der Waals surface area contributed by atoms with Crippen molar-refractivity contribution in [3.63, 3.8) is 0 Å². The maximum absolute atomic E-state index is 11.3. The number of carbonyl (C=O) groups is 1. The van der Waals surface area contributed by atoms with E-state index in [0.717, 1.165) is 35.7 Å². The van der Waals surface area contributed by atoms with E-state index in [1.807, 2.05) is 36.4 Å². The van der Waals surface area contributed by atoms with Crippen LogP contribution in [0.15, 0.2) is 36.4 Å². The molecule has 3 nitrogen and oxygen atoms in total. The van der Waals surface area contributed by atoms with E-state index in [2.05, 4.69) is 5.32 Å². The van der Waals surface area contributed by atoms with Crippen molar-refractivity contribution in [3.05, 3.63) is 47.5 Å². The number of aliphatic hydroxyl groups is 1. The molecule has 0 atom stereocenters. The molecule has 0 bridgehead atoms. The van der Waals surface area contributed by atoms with E-state index >= 15 is 0 Å². The summed E-state index contributed by atoms with van der Waals surface area (Å²) in [7, 11) is 0. The molecule has 2 aromatic rings. The number of hydrogen-bond donors (Lipinski definition) is 2. The van der Waals surface area contributed by atoms with E-state index in [4.69, 9.17) is 0 Å². The highest BCUT2D eigenvalue weighted by Crippen LogP contribution is 2.33. The van der Waals surface area contributed by atoms with Gasteiger partial charge in [0, 0.05) is 5.56 Å². The molecule has 0 aliphatic carbocycles. The van der Waals surface area contributed by atoms with Crippen molar-refractivity contribution in [1.82, 2.24) is 5.32 Å². The zero-order chi connectivity index (χ0) is 13.3. The van der Waals surface area contributed by atoms with Crippen molar-refractivity contribution in [2.75, 3.05) is 13.1 Å². The van der Waals surface area contributed by atoms with Gasteiger partial charge in [-0.1, -0.05) is 24.3 Å². The Labute approximate surface area is 112 Å². The predicted octanol–water partition coefficient (Wildman–Crippen LogP) is 2.22. The van der Waals surface area contributed by atoms with Crippen LogP contribution in [0.5, 0.6) is 0 Å². The van der Waals surface area contributed by atoms with Gasteiger partial charge in [-0.15, -0.1) is 0 Å². The molecular weight excluding hydrogens is 238 g/mol. The fraction of sp³-hybridized carbons (Fsp3) is 0.312. The second kappa shape index (κ2) is 4.76. The number of benzene rings is 2. The van der Waals surface area contributed by atoms with Crippen LogP contribution in [0, 0.1) is 0 Å². The van der Waals surface area contributed by atoms with Crippen molar-refractivity contribution in [2.24, 2.45) is 0 Å². The molecule has 2 aromatic carbocycles. The van der Waals surface area contributed by atoms with E-state index in [1.54, 1.807) is 0 Å². The maximum atomic E-state index is 11.3. The molecule has 0 aromatic heterocycles. The molecule has 3 heteroatoms. The van der Waals surface area contributed by atoms with Crippen LogP contribution in [0.1, 0.15) is 28.8 Å². The summed E-state index contributed by atoms with van der Waals surface area (Å²) in [6.07, 6.45) is 2.24. The molecule has 1 heterocycles. The average molecular weight is 255 g/mol. The highest BCUT2D eigenvalue weighted by molar-refractivity contribution is 5.98. The number of rotatable bonds is 2. The number of fused-ring (bicyclic) bond motifs is 1. The fourth-order valence-electron chi connectivity index (χ4n) is 2.84. The molecule has 1 saturated heterocycles. The number of carbonyl (C=O) groups excluding carboxylic acids is 1. The second-order valence-electron chi connectivity index (χ2n) is 5.19. The first-order chi connectivity index (χ1) is 9.23. The Bertz CT molecular complexity index is 615. The SMILES string of the molecule is O=Cc1cc(C2(O)CCNCC2)cc2ccccc12. The van der Waals surface area contributed by atoms with Gasteiger partial charge in [0.05, 0.1) is 5.60 Å². The van der Waals surface area contributed by atoms with Crippen molar-refractivity contribution in [3.8, 4) is 0 Å². The first-order valence-corrected chi connectivity index (χ1v) is 6.64. The summed E-state index contributed by atoms with van der Waals surface area (Å²) in [5.41, 5.74) is 0.697. The maximum Gasteiger partial charge on any atom is 0.150 e. The van der Waals surface area contributed by atoms with Crippen LogP contribution in [-0.2, 0) is 5.60 Å². The van der Waals surface area contributed by atoms with Gasteiger partial charge >= 0.3 is 0 Å². The van der Waals surface area contributed by atoms with Crippen LogP contribution >= 0.6 is 0 Å². The van der Waals surface area contributed by atoms with Crippen molar-refractivity contribution < 1.29 is 9.90 Å². The van der Waals surface area contributed by atoms with Gasteiger partial charge in [0.2, 0.25) is 0 Å². The molecule has 2 N–H and O–H groups in total. The molecule has 98 valence electrons. The molecule has 1 fully saturated rings. The minimum atomic E-state index is -0.812. The zero-order valence-electron chi connectivity index (χ0n) is 10.7. The quantitative estimate of drug-likeness (QED) is 0.809. The standard InChI is InChI=1S/C16H17NO2/c18-11-13-10-14(16(19)5-7-17-8-6-16)9-12-3-1-2-4-15(12)13/h1-4,9-11,17,19H,5-8H2. The lowest BCUT2D eigenvalue weighted by molar-refractivity contribution is 0.00604. The molecule has 0 spiro atoms. The Morgan fingerprint density at radius 2 is 1.89 bits per heavy atom. The Morgan fingerprint density at radius 1 is 1.16 bits per heavy atom. The Morgan fingerprint density at radius 3 is 2.63 bits per heavy atom. The molecule has 19 heavy (non-hydrogen) atoms. The first kappa shape index (κ1) is 12.3. The van der Waals surface area contributed by atoms with Crippen LogP contribution < -0.4 is 5.32 Å². The number of hydrogen-bond acceptors (Lipinski definition) is 3. The van der Waals surface area contributed by atoms with Crippen molar-refractivity contribution >= 4 is 17.1 Å². The third kappa shape index (κ3) is 2.15. The summed E-state index contributed by atoms with van der Waals surface area (Å²) >= 11 is 0. The molecule has 0 amide bonds. The van der Waals surface area contributed by atoms with E-state index in [0.29, 0.717) is 18.4 Å². The normalized spacial score (nSPS) is 18.4. The predicted molar refractivity (Wildman–Crippen MR) is 75.3 cm³/mol. The average Bonchev–Trinajstić information content (AvgIpc) is 2.47. The molecule has 0 unspecified atom stereocenters. The first-order valence-electron chi connectivity index (χ1n) is 6.64. The number of piperidine rings is 1. The van der Waals surface area contributed by atoms with E-state index < -0.39 is 5.60 Å². The van der Waals surface area contributed by atoms with Crippen LogP contribution in [-0.4, -0.2) is 24.5 Å². The fourth-order valence-corrected chi connectivity index (χ4v) is 2.84. The van der Waals surface area contributed by atoms with Gasteiger partial charge in [-0.2, -0.15) is 0 Å². The van der Waals surface area contributed by atoms with Gasteiger partial charge in [-0.25, -0.2) is 0 Å². The van der Waals surface area contributed by atoms with Gasteiger partial charge in [0.25, 0.3) is 0 Å². The summed E-state index contributed by atoms with van der Waals surface area (Å²) in [4.78, 5) is 11.3.